The van der Waals surface area contributed by atoms with Crippen molar-refractivity contribution in [2.75, 3.05) is 17.4 Å². The number of carbonyl (C=O) groups excluding carboxylic acids is 3. The second-order valence-corrected chi connectivity index (χ2v) is 8.82. The fraction of sp³-hybridized carbons (Fsp3) is 0.214. The maximum atomic E-state index is 13.1. The van der Waals surface area contributed by atoms with E-state index in [1.54, 1.807) is 62.0 Å². The zero-order valence-electron chi connectivity index (χ0n) is 20.2. The number of anilines is 2. The lowest BCUT2D eigenvalue weighted by atomic mass is 9.80. The van der Waals surface area contributed by atoms with Crippen molar-refractivity contribution >= 4 is 29.1 Å². The molecule has 2 aromatic carbocycles. The van der Waals surface area contributed by atoms with E-state index in [1.807, 2.05) is 24.3 Å². The Labute approximate surface area is 214 Å². The van der Waals surface area contributed by atoms with Crippen LogP contribution < -0.4 is 25.2 Å². The van der Waals surface area contributed by atoms with Gasteiger partial charge in [0.25, 0.3) is 5.91 Å². The van der Waals surface area contributed by atoms with Crippen molar-refractivity contribution in [3.63, 3.8) is 0 Å². The predicted molar refractivity (Wildman–Crippen MR) is 137 cm³/mol. The average Bonchev–Trinajstić information content (AvgIpc) is 2.94. The maximum absolute atomic E-state index is 13.1. The Morgan fingerprint density at radius 2 is 1.81 bits per heavy atom. The first-order valence-electron chi connectivity index (χ1n) is 11.9. The maximum Gasteiger partial charge on any atom is 0.255 e. The van der Waals surface area contributed by atoms with Crippen LogP contribution in [0.25, 0.3) is 0 Å². The normalized spacial score (nSPS) is 18.6. The van der Waals surface area contributed by atoms with E-state index in [0.29, 0.717) is 47.9 Å². The highest BCUT2D eigenvalue weighted by Gasteiger charge is 2.42. The Hall–Kier alpha value is -4.66. The molecule has 2 heterocycles. The molecular weight excluding hydrogens is 472 g/mol. The number of aromatic nitrogens is 1. The monoisotopic (exact) mass is 498 g/mol. The predicted octanol–water partition coefficient (Wildman–Crippen LogP) is 3.88. The molecule has 1 aliphatic heterocycles. The van der Waals surface area contributed by atoms with Crippen molar-refractivity contribution in [2.24, 2.45) is 11.8 Å². The molecule has 2 aliphatic rings. The van der Waals surface area contributed by atoms with Crippen LogP contribution in [0.15, 0.2) is 79.1 Å². The van der Waals surface area contributed by atoms with Crippen molar-refractivity contribution < 1.29 is 23.9 Å². The summed E-state index contributed by atoms with van der Waals surface area (Å²) >= 11 is 0. The van der Waals surface area contributed by atoms with E-state index in [9.17, 15) is 14.4 Å². The molecule has 0 bridgehead atoms. The summed E-state index contributed by atoms with van der Waals surface area (Å²) in [6, 6.07) is 15.4. The van der Waals surface area contributed by atoms with Gasteiger partial charge in [-0.05, 0) is 60.9 Å². The molecule has 3 amide bonds. The van der Waals surface area contributed by atoms with Gasteiger partial charge in [-0.2, -0.15) is 0 Å². The largest absolute Gasteiger partial charge is 0.493 e. The van der Waals surface area contributed by atoms with Crippen LogP contribution in [-0.4, -0.2) is 29.8 Å². The fourth-order valence-electron chi connectivity index (χ4n) is 4.48. The van der Waals surface area contributed by atoms with Crippen LogP contribution >= 0.6 is 0 Å². The number of pyridine rings is 1. The van der Waals surface area contributed by atoms with Crippen LogP contribution in [0.2, 0.25) is 0 Å². The SMILES string of the molecule is COc1ccc(NC(=O)c2cccc(N3NC(=O)C4CC=CCC4C3=O)c2)cc1OCc1ccncc1. The van der Waals surface area contributed by atoms with E-state index in [1.165, 1.54) is 5.01 Å². The number of fused-ring (bicyclic) bond motifs is 1. The summed E-state index contributed by atoms with van der Waals surface area (Å²) in [6.07, 6.45) is 8.32. The molecule has 1 aliphatic carbocycles. The van der Waals surface area contributed by atoms with Gasteiger partial charge in [0.05, 0.1) is 24.6 Å². The molecule has 1 fully saturated rings. The molecule has 0 saturated carbocycles. The Bertz CT molecular complexity index is 1360. The van der Waals surface area contributed by atoms with Crippen LogP contribution in [0.1, 0.15) is 28.8 Å². The summed E-state index contributed by atoms with van der Waals surface area (Å²) in [5, 5.41) is 4.11. The molecule has 1 saturated heterocycles. The number of allylic oxidation sites excluding steroid dienone is 2. The summed E-state index contributed by atoms with van der Waals surface area (Å²) in [6.45, 7) is 0.311. The third kappa shape index (κ3) is 5.16. The quantitative estimate of drug-likeness (QED) is 0.479. The Morgan fingerprint density at radius 1 is 1.03 bits per heavy atom. The summed E-state index contributed by atoms with van der Waals surface area (Å²) in [5.74, 6) is -0.500. The van der Waals surface area contributed by atoms with E-state index < -0.39 is 5.92 Å². The summed E-state index contributed by atoms with van der Waals surface area (Å²) in [4.78, 5) is 42.8. The summed E-state index contributed by atoms with van der Waals surface area (Å²) < 4.78 is 11.3. The molecule has 2 atom stereocenters. The molecule has 9 heteroatoms. The van der Waals surface area contributed by atoms with Crippen molar-refractivity contribution in [2.45, 2.75) is 19.4 Å². The van der Waals surface area contributed by atoms with Gasteiger partial charge in [-0.15, -0.1) is 0 Å². The first kappa shape index (κ1) is 24.1. The standard InChI is InChI=1S/C28H26N4O5/c1-36-24-10-9-20(16-25(24)37-17-18-11-13-29-14-12-18)30-26(33)19-5-4-6-21(15-19)32-28(35)23-8-3-2-7-22(23)27(34)31-32/h2-6,9-16,22-23H,7-8,17H2,1H3,(H,30,33)(H,31,34). The minimum Gasteiger partial charge on any atom is -0.493 e. The second kappa shape index (κ2) is 10.5. The van der Waals surface area contributed by atoms with Crippen molar-refractivity contribution in [3.05, 3.63) is 90.3 Å². The summed E-state index contributed by atoms with van der Waals surface area (Å²) in [7, 11) is 1.55. The van der Waals surface area contributed by atoms with E-state index >= 15 is 0 Å². The first-order valence-corrected chi connectivity index (χ1v) is 11.9. The van der Waals surface area contributed by atoms with E-state index in [-0.39, 0.29) is 23.6 Å². The zero-order chi connectivity index (χ0) is 25.8. The molecule has 5 rings (SSSR count). The van der Waals surface area contributed by atoms with Gasteiger partial charge in [0.1, 0.15) is 6.61 Å². The Balaban J connectivity index is 1.31. The van der Waals surface area contributed by atoms with Crippen LogP contribution in [0.4, 0.5) is 11.4 Å². The van der Waals surface area contributed by atoms with Crippen molar-refractivity contribution in [1.29, 1.82) is 0 Å². The van der Waals surface area contributed by atoms with Crippen LogP contribution in [-0.2, 0) is 16.2 Å². The molecule has 2 N–H and O–H groups in total. The molecule has 3 aromatic rings. The Morgan fingerprint density at radius 3 is 2.59 bits per heavy atom. The molecule has 9 nitrogen and oxygen atoms in total. The van der Waals surface area contributed by atoms with Crippen molar-refractivity contribution in [3.8, 4) is 11.5 Å². The lowest BCUT2D eigenvalue weighted by Crippen LogP contribution is -2.59. The minimum absolute atomic E-state index is 0.183. The highest BCUT2D eigenvalue weighted by atomic mass is 16.5. The smallest absolute Gasteiger partial charge is 0.255 e. The molecule has 0 spiro atoms. The number of methoxy groups -OCH3 is 1. The molecule has 37 heavy (non-hydrogen) atoms. The highest BCUT2D eigenvalue weighted by Crippen LogP contribution is 2.33. The van der Waals surface area contributed by atoms with Crippen LogP contribution in [0, 0.1) is 11.8 Å². The molecular formula is C28H26N4O5. The van der Waals surface area contributed by atoms with Gasteiger partial charge in [0.2, 0.25) is 11.8 Å². The number of hydrazine groups is 1. The second-order valence-electron chi connectivity index (χ2n) is 8.82. The number of nitrogens with zero attached hydrogens (tertiary/aromatic N) is 2. The van der Waals surface area contributed by atoms with Gasteiger partial charge in [0, 0.05) is 29.7 Å². The number of ether oxygens (including phenoxy) is 2. The van der Waals surface area contributed by atoms with E-state index in [4.69, 9.17) is 9.47 Å². The van der Waals surface area contributed by atoms with Gasteiger partial charge < -0.3 is 14.8 Å². The van der Waals surface area contributed by atoms with Gasteiger partial charge in [-0.1, -0.05) is 18.2 Å². The van der Waals surface area contributed by atoms with Gasteiger partial charge in [0.15, 0.2) is 11.5 Å². The number of amides is 3. The molecule has 0 radical (unpaired) electrons. The fourth-order valence-corrected chi connectivity index (χ4v) is 4.48. The number of hydrogen-bond donors (Lipinski definition) is 2. The van der Waals surface area contributed by atoms with Crippen LogP contribution in [0.3, 0.4) is 0 Å². The van der Waals surface area contributed by atoms with E-state index in [0.717, 1.165) is 5.56 Å². The third-order valence-corrected chi connectivity index (χ3v) is 6.46. The Kier molecular flexibility index (Phi) is 6.85. The number of benzene rings is 2. The first-order chi connectivity index (χ1) is 18.0. The summed E-state index contributed by atoms with van der Waals surface area (Å²) in [5.41, 5.74) is 4.91. The lowest BCUT2D eigenvalue weighted by Gasteiger charge is -2.38. The molecule has 2 unspecified atom stereocenters. The van der Waals surface area contributed by atoms with E-state index in [2.05, 4.69) is 15.7 Å². The lowest BCUT2D eigenvalue weighted by molar-refractivity contribution is -0.139. The number of nitrogens with one attached hydrogen (secondary N) is 2. The van der Waals surface area contributed by atoms with Gasteiger partial charge >= 0.3 is 0 Å². The minimum atomic E-state index is -0.402. The van der Waals surface area contributed by atoms with Crippen molar-refractivity contribution in [1.82, 2.24) is 10.4 Å². The number of carbonyl (C=O) groups is 3. The zero-order valence-corrected chi connectivity index (χ0v) is 20.2. The van der Waals surface area contributed by atoms with Gasteiger partial charge in [-0.3, -0.25) is 24.8 Å². The topological polar surface area (TPSA) is 110 Å². The average molecular weight is 499 g/mol. The van der Waals surface area contributed by atoms with Gasteiger partial charge in [-0.25, -0.2) is 5.01 Å². The number of rotatable bonds is 7. The highest BCUT2D eigenvalue weighted by molar-refractivity contribution is 6.07. The van der Waals surface area contributed by atoms with Crippen LogP contribution in [0.5, 0.6) is 11.5 Å². The molecule has 188 valence electrons. The number of hydrogen-bond acceptors (Lipinski definition) is 6. The molecule has 1 aromatic heterocycles. The third-order valence-electron chi connectivity index (χ3n) is 6.46.